The average Bonchev–Trinajstić information content (AvgIpc) is 2.92. The lowest BCUT2D eigenvalue weighted by atomic mass is 9.65. The van der Waals surface area contributed by atoms with Crippen molar-refractivity contribution in [2.24, 2.45) is 11.8 Å². The molecule has 4 N–H and O–H groups in total. The molecule has 2 fully saturated rings. The van der Waals surface area contributed by atoms with Crippen LogP contribution >= 0.6 is 0 Å². The summed E-state index contributed by atoms with van der Waals surface area (Å²) < 4.78 is 10.7. The predicted octanol–water partition coefficient (Wildman–Crippen LogP) is -1.25. The smallest absolute Gasteiger partial charge is 0.247 e. The Bertz CT molecular complexity index is 556. The van der Waals surface area contributed by atoms with Gasteiger partial charge in [-0.2, -0.15) is 0 Å². The van der Waals surface area contributed by atoms with Crippen LogP contribution in [0.25, 0.3) is 0 Å². The molecule has 0 spiro atoms. The Balaban J connectivity index is 1.69. The molecule has 7 heteroatoms. The maximum atomic E-state index is 12.3. The third kappa shape index (κ3) is 1.81. The first kappa shape index (κ1) is 13.1. The highest BCUT2D eigenvalue weighted by Crippen LogP contribution is 2.45. The molecule has 2 aliphatic heterocycles. The summed E-state index contributed by atoms with van der Waals surface area (Å²) in [6.07, 6.45) is -0.860. The zero-order valence-corrected chi connectivity index (χ0v) is 11.2. The monoisotopic (exact) mass is 295 g/mol. The molecular weight excluding hydrogens is 278 g/mol. The summed E-state index contributed by atoms with van der Waals surface area (Å²) in [5.41, 5.74) is 0.594. The molecule has 1 amide bonds. The quantitative estimate of drug-likeness (QED) is 0.445. The van der Waals surface area contributed by atoms with Crippen molar-refractivity contribution in [3.05, 3.63) is 23.2 Å². The normalized spacial score (nSPS) is 44.7. The Morgan fingerprint density at radius 1 is 1.19 bits per heavy atom. The van der Waals surface area contributed by atoms with Gasteiger partial charge in [-0.05, 0) is 18.4 Å². The summed E-state index contributed by atoms with van der Waals surface area (Å²) >= 11 is 0. The van der Waals surface area contributed by atoms with Crippen LogP contribution < -0.4 is 5.32 Å². The molecule has 114 valence electrons. The Labute approximate surface area is 120 Å². The highest BCUT2D eigenvalue weighted by atomic mass is 16.7. The van der Waals surface area contributed by atoms with Crippen molar-refractivity contribution in [3.63, 3.8) is 0 Å². The second-order valence-corrected chi connectivity index (χ2v) is 6.05. The Morgan fingerprint density at radius 2 is 2.00 bits per heavy atom. The second kappa shape index (κ2) is 4.46. The van der Waals surface area contributed by atoms with Crippen LogP contribution in [0.15, 0.2) is 23.2 Å². The topological polar surface area (TPSA) is 108 Å². The van der Waals surface area contributed by atoms with Crippen molar-refractivity contribution in [1.29, 1.82) is 0 Å². The Hall–Kier alpha value is -1.57. The molecule has 0 aromatic heterocycles. The largest absolute Gasteiger partial charge is 0.458 e. The first-order valence-corrected chi connectivity index (χ1v) is 7.11. The summed E-state index contributed by atoms with van der Waals surface area (Å²) in [6.45, 7) is 0.154. The zero-order chi connectivity index (χ0) is 14.7. The van der Waals surface area contributed by atoms with Crippen molar-refractivity contribution >= 4 is 5.91 Å². The van der Waals surface area contributed by atoms with Crippen LogP contribution in [-0.4, -0.2) is 52.4 Å². The van der Waals surface area contributed by atoms with Gasteiger partial charge in [0.05, 0.1) is 12.1 Å². The first-order valence-electron chi connectivity index (χ1n) is 7.11. The van der Waals surface area contributed by atoms with Gasteiger partial charge in [0.2, 0.25) is 12.7 Å². The summed E-state index contributed by atoms with van der Waals surface area (Å²) in [4.78, 5) is 12.3. The van der Waals surface area contributed by atoms with Gasteiger partial charge in [-0.3, -0.25) is 4.79 Å². The fourth-order valence-corrected chi connectivity index (χ4v) is 3.87. The molecule has 2 aliphatic carbocycles. The van der Waals surface area contributed by atoms with Crippen molar-refractivity contribution in [2.75, 3.05) is 6.79 Å². The van der Waals surface area contributed by atoms with Crippen molar-refractivity contribution in [2.45, 2.75) is 37.2 Å². The maximum Gasteiger partial charge on any atom is 0.247 e. The molecule has 4 aliphatic rings. The highest BCUT2D eigenvalue weighted by molar-refractivity contribution is 5.96. The molecule has 6 unspecified atom stereocenters. The van der Waals surface area contributed by atoms with E-state index in [0.29, 0.717) is 29.9 Å². The molecule has 4 rings (SSSR count). The molecule has 0 bridgehead atoms. The van der Waals surface area contributed by atoms with Gasteiger partial charge < -0.3 is 30.1 Å². The van der Waals surface area contributed by atoms with Crippen LogP contribution in [0.3, 0.4) is 0 Å². The third-order valence-electron chi connectivity index (χ3n) is 4.98. The number of carbonyl (C=O) groups is 1. The molecule has 0 aromatic carbocycles. The van der Waals surface area contributed by atoms with Gasteiger partial charge in [0.15, 0.2) is 5.76 Å². The fourth-order valence-electron chi connectivity index (χ4n) is 3.87. The Morgan fingerprint density at radius 3 is 2.81 bits per heavy atom. The van der Waals surface area contributed by atoms with E-state index in [0.717, 1.165) is 0 Å². The highest BCUT2D eigenvalue weighted by Gasteiger charge is 2.52. The number of amides is 1. The fraction of sp³-hybridized carbons (Fsp3) is 0.643. The second-order valence-electron chi connectivity index (χ2n) is 6.05. The third-order valence-corrected chi connectivity index (χ3v) is 4.98. The lowest BCUT2D eigenvalue weighted by Gasteiger charge is -2.48. The van der Waals surface area contributed by atoms with Crippen molar-refractivity contribution < 1.29 is 29.6 Å². The Kier molecular flexibility index (Phi) is 2.79. The van der Waals surface area contributed by atoms with Gasteiger partial charge in [-0.25, -0.2) is 0 Å². The molecule has 6 atom stereocenters. The van der Waals surface area contributed by atoms with E-state index in [1.807, 2.05) is 0 Å². The molecule has 1 saturated carbocycles. The standard InChI is InChI=1S/C14H17NO6/c16-8-1-6-5-2-9-10(21-4-20-9)3-7(5)14(19)15-11(6)13(18)12(8)17/h3,5-6,8,11-13,16-18H,1-2,4H2,(H,15,19). The molecule has 1 saturated heterocycles. The van der Waals surface area contributed by atoms with Crippen LogP contribution in [0.5, 0.6) is 0 Å². The number of piperidine rings is 1. The van der Waals surface area contributed by atoms with Gasteiger partial charge in [0.1, 0.15) is 18.0 Å². The first-order chi connectivity index (χ1) is 10.1. The van der Waals surface area contributed by atoms with Gasteiger partial charge >= 0.3 is 0 Å². The van der Waals surface area contributed by atoms with Gasteiger partial charge in [-0.15, -0.1) is 0 Å². The van der Waals surface area contributed by atoms with Gasteiger partial charge in [0, 0.05) is 17.9 Å². The predicted molar refractivity (Wildman–Crippen MR) is 68.3 cm³/mol. The number of allylic oxidation sites excluding steroid dienone is 2. The number of hydrogen-bond donors (Lipinski definition) is 4. The van der Waals surface area contributed by atoms with Gasteiger partial charge in [0.25, 0.3) is 0 Å². The lowest BCUT2D eigenvalue weighted by Crippen LogP contribution is -2.64. The minimum atomic E-state index is -1.23. The molecule has 21 heavy (non-hydrogen) atoms. The number of carbonyl (C=O) groups excluding carboxylic acids is 1. The number of nitrogens with one attached hydrogen (secondary N) is 1. The van der Waals surface area contributed by atoms with Crippen LogP contribution in [0, 0.1) is 11.8 Å². The summed E-state index contributed by atoms with van der Waals surface area (Å²) in [7, 11) is 0. The van der Waals surface area contributed by atoms with Crippen molar-refractivity contribution in [3.8, 4) is 0 Å². The van der Waals surface area contributed by atoms with E-state index >= 15 is 0 Å². The molecular formula is C14H17NO6. The number of ether oxygens (including phenoxy) is 2. The number of fused-ring (bicyclic) bond motifs is 3. The number of aliphatic hydroxyl groups excluding tert-OH is 3. The van der Waals surface area contributed by atoms with E-state index in [4.69, 9.17) is 9.47 Å². The number of rotatable bonds is 0. The van der Waals surface area contributed by atoms with Gasteiger partial charge in [-0.1, -0.05) is 0 Å². The van der Waals surface area contributed by atoms with E-state index in [9.17, 15) is 20.1 Å². The lowest BCUT2D eigenvalue weighted by molar-refractivity contribution is -0.142. The summed E-state index contributed by atoms with van der Waals surface area (Å²) in [5, 5.41) is 32.6. The summed E-state index contributed by atoms with van der Waals surface area (Å²) in [6, 6.07) is -0.553. The summed E-state index contributed by atoms with van der Waals surface area (Å²) in [5.74, 6) is 0.770. The number of aliphatic hydroxyl groups is 3. The minimum Gasteiger partial charge on any atom is -0.458 e. The van der Waals surface area contributed by atoms with E-state index in [1.54, 1.807) is 6.08 Å². The van der Waals surface area contributed by atoms with Crippen molar-refractivity contribution in [1.82, 2.24) is 5.32 Å². The van der Waals surface area contributed by atoms with E-state index in [-0.39, 0.29) is 24.5 Å². The van der Waals surface area contributed by atoms with E-state index in [2.05, 4.69) is 5.32 Å². The molecule has 2 heterocycles. The maximum absolute atomic E-state index is 12.3. The molecule has 0 aromatic rings. The zero-order valence-electron chi connectivity index (χ0n) is 11.2. The minimum absolute atomic E-state index is 0.138. The van der Waals surface area contributed by atoms with Crippen LogP contribution in [-0.2, 0) is 14.3 Å². The number of hydrogen-bond acceptors (Lipinski definition) is 6. The molecule has 0 radical (unpaired) electrons. The molecule has 7 nitrogen and oxygen atoms in total. The van der Waals surface area contributed by atoms with Crippen LogP contribution in [0.1, 0.15) is 12.8 Å². The van der Waals surface area contributed by atoms with Crippen LogP contribution in [0.4, 0.5) is 0 Å². The SMILES string of the molecule is O=C1NC2C(O)C(O)C(O)CC2C2CC3=C(C=C12)OCO3. The van der Waals surface area contributed by atoms with E-state index < -0.39 is 24.4 Å². The average molecular weight is 295 g/mol. The van der Waals surface area contributed by atoms with E-state index in [1.165, 1.54) is 0 Å². The van der Waals surface area contributed by atoms with Crippen LogP contribution in [0.2, 0.25) is 0 Å².